The van der Waals surface area contributed by atoms with Crippen molar-refractivity contribution in [2.75, 3.05) is 0 Å². The van der Waals surface area contributed by atoms with Gasteiger partial charge in [0.15, 0.2) is 0 Å². The largest absolute Gasteiger partial charge is 0.494 e. The molecule has 0 radical (unpaired) electrons. The molecule has 21 heavy (non-hydrogen) atoms. The molecule has 112 valence electrons. The summed E-state index contributed by atoms with van der Waals surface area (Å²) in [4.78, 5) is 0.104. The summed E-state index contributed by atoms with van der Waals surface area (Å²) in [7, 11) is -4.33. The standard InChI is InChI=1S/C13H17BN2O4S/c1-12(2)13(3,4)20-14(19-12)8-5-6-9-10(7-8)21(17,18)16-11(9)15/h5-7H,1-4H3,(H2,15,16). The van der Waals surface area contributed by atoms with Crippen LogP contribution < -0.4 is 11.2 Å². The Kier molecular flexibility index (Phi) is 2.83. The second-order valence-electron chi connectivity index (χ2n) is 6.30. The van der Waals surface area contributed by atoms with Crippen molar-refractivity contribution in [2.24, 2.45) is 10.1 Å². The Morgan fingerprint density at radius 3 is 2.29 bits per heavy atom. The molecule has 0 aromatic heterocycles. The summed E-state index contributed by atoms with van der Waals surface area (Å²) in [6.45, 7) is 7.77. The topological polar surface area (TPSA) is 91.0 Å². The Labute approximate surface area is 124 Å². The number of amidine groups is 1. The Balaban J connectivity index is 2.02. The van der Waals surface area contributed by atoms with Gasteiger partial charge in [0.1, 0.15) is 5.84 Å². The highest BCUT2D eigenvalue weighted by atomic mass is 32.2. The van der Waals surface area contributed by atoms with Gasteiger partial charge in [-0.05, 0) is 39.2 Å². The molecule has 8 heteroatoms. The number of nitrogens with zero attached hydrogens (tertiary/aromatic N) is 1. The van der Waals surface area contributed by atoms with Gasteiger partial charge in [-0.2, -0.15) is 8.42 Å². The molecule has 0 aliphatic carbocycles. The first-order chi connectivity index (χ1) is 9.53. The molecule has 0 atom stereocenters. The Morgan fingerprint density at radius 2 is 1.71 bits per heavy atom. The molecular weight excluding hydrogens is 291 g/mol. The summed E-state index contributed by atoms with van der Waals surface area (Å²) >= 11 is 0. The lowest BCUT2D eigenvalue weighted by molar-refractivity contribution is 0.00578. The average Bonchev–Trinajstić information content (AvgIpc) is 2.70. The summed E-state index contributed by atoms with van der Waals surface area (Å²) in [5, 5.41) is 0. The minimum absolute atomic E-state index is 0.0190. The van der Waals surface area contributed by atoms with Crippen LogP contribution in [0.5, 0.6) is 0 Å². The Bertz CT molecular complexity index is 739. The van der Waals surface area contributed by atoms with Crippen molar-refractivity contribution < 1.29 is 17.7 Å². The molecule has 3 rings (SSSR count). The van der Waals surface area contributed by atoms with E-state index < -0.39 is 28.3 Å². The number of rotatable bonds is 1. The fourth-order valence-electron chi connectivity index (χ4n) is 2.32. The molecule has 0 amide bonds. The van der Waals surface area contributed by atoms with E-state index in [1.807, 2.05) is 27.7 Å². The predicted octanol–water partition coefficient (Wildman–Crippen LogP) is 0.393. The van der Waals surface area contributed by atoms with Crippen LogP contribution in [0.15, 0.2) is 27.5 Å². The summed E-state index contributed by atoms with van der Waals surface area (Å²) in [5.41, 5.74) is 5.72. The normalized spacial score (nSPS) is 24.8. The lowest BCUT2D eigenvalue weighted by Gasteiger charge is -2.32. The van der Waals surface area contributed by atoms with E-state index in [2.05, 4.69) is 4.40 Å². The number of hydrogen-bond acceptors (Lipinski definition) is 5. The zero-order chi connectivity index (χ0) is 15.6. The molecule has 2 N–H and O–H groups in total. The molecule has 1 aromatic rings. The van der Waals surface area contributed by atoms with Crippen LogP contribution in [-0.2, 0) is 19.3 Å². The number of hydrogen-bond donors (Lipinski definition) is 1. The van der Waals surface area contributed by atoms with Gasteiger partial charge in [0.2, 0.25) is 0 Å². The van der Waals surface area contributed by atoms with Gasteiger partial charge in [-0.3, -0.25) is 0 Å². The summed E-state index contributed by atoms with van der Waals surface area (Å²) in [6, 6.07) is 4.92. The van der Waals surface area contributed by atoms with Crippen LogP contribution in [0.1, 0.15) is 33.3 Å². The van der Waals surface area contributed by atoms with Crippen LogP contribution in [0.2, 0.25) is 0 Å². The maximum absolute atomic E-state index is 11.9. The Morgan fingerprint density at radius 1 is 1.14 bits per heavy atom. The van der Waals surface area contributed by atoms with Gasteiger partial charge in [-0.1, -0.05) is 12.1 Å². The van der Waals surface area contributed by atoms with Crippen LogP contribution in [0.3, 0.4) is 0 Å². The van der Waals surface area contributed by atoms with Crippen molar-refractivity contribution in [3.63, 3.8) is 0 Å². The van der Waals surface area contributed by atoms with Crippen molar-refractivity contribution in [1.82, 2.24) is 0 Å². The molecular formula is C13H17BN2O4S. The van der Waals surface area contributed by atoms with Crippen LogP contribution in [0.4, 0.5) is 0 Å². The quantitative estimate of drug-likeness (QED) is 0.758. The molecule has 0 unspecified atom stereocenters. The second-order valence-corrected chi connectivity index (χ2v) is 7.87. The summed E-state index contributed by atoms with van der Waals surface area (Å²) < 4.78 is 39.2. The molecule has 0 saturated carbocycles. The van der Waals surface area contributed by atoms with Gasteiger partial charge >= 0.3 is 7.12 Å². The minimum Gasteiger partial charge on any atom is -0.399 e. The van der Waals surface area contributed by atoms with Gasteiger partial charge in [0.25, 0.3) is 10.0 Å². The molecule has 1 fully saturated rings. The molecule has 2 heterocycles. The number of sulfonamides is 1. The maximum atomic E-state index is 11.9. The van der Waals surface area contributed by atoms with Gasteiger partial charge in [-0.25, -0.2) is 0 Å². The van der Waals surface area contributed by atoms with Crippen LogP contribution >= 0.6 is 0 Å². The monoisotopic (exact) mass is 308 g/mol. The highest BCUT2D eigenvalue weighted by Crippen LogP contribution is 2.36. The molecule has 1 aromatic carbocycles. The third-order valence-electron chi connectivity index (χ3n) is 4.30. The average molecular weight is 308 g/mol. The van der Waals surface area contributed by atoms with E-state index in [9.17, 15) is 8.42 Å². The SMILES string of the molecule is CC1(C)OB(c2ccc3c(c2)S(=O)(=O)N=C3N)OC1(C)C. The number of fused-ring (bicyclic) bond motifs is 1. The van der Waals surface area contributed by atoms with E-state index in [1.165, 1.54) is 6.07 Å². The third kappa shape index (κ3) is 2.09. The fourth-order valence-corrected chi connectivity index (χ4v) is 3.51. The molecule has 0 spiro atoms. The van der Waals surface area contributed by atoms with Crippen molar-refractivity contribution in [2.45, 2.75) is 43.8 Å². The van der Waals surface area contributed by atoms with E-state index in [1.54, 1.807) is 12.1 Å². The first-order valence-corrected chi connectivity index (χ1v) is 8.08. The smallest absolute Gasteiger partial charge is 0.399 e. The lowest BCUT2D eigenvalue weighted by atomic mass is 9.79. The maximum Gasteiger partial charge on any atom is 0.494 e. The molecule has 6 nitrogen and oxygen atoms in total. The van der Waals surface area contributed by atoms with Crippen LogP contribution in [0, 0.1) is 0 Å². The van der Waals surface area contributed by atoms with Crippen LogP contribution in [0.25, 0.3) is 0 Å². The highest BCUT2D eigenvalue weighted by Gasteiger charge is 2.52. The molecule has 2 aliphatic heterocycles. The first-order valence-electron chi connectivity index (χ1n) is 6.64. The van der Waals surface area contributed by atoms with Crippen molar-refractivity contribution in [3.05, 3.63) is 23.8 Å². The van der Waals surface area contributed by atoms with Crippen LogP contribution in [-0.4, -0.2) is 32.6 Å². The van der Waals surface area contributed by atoms with E-state index in [0.717, 1.165) is 0 Å². The van der Waals surface area contributed by atoms with E-state index >= 15 is 0 Å². The molecule has 2 aliphatic rings. The minimum atomic E-state index is -3.71. The zero-order valence-corrected chi connectivity index (χ0v) is 13.2. The number of nitrogens with two attached hydrogens (primary N) is 1. The molecule has 1 saturated heterocycles. The summed E-state index contributed by atoms with van der Waals surface area (Å²) in [6.07, 6.45) is 0. The predicted molar refractivity (Wildman–Crippen MR) is 80.1 cm³/mol. The Hall–Kier alpha value is -1.38. The number of benzene rings is 1. The third-order valence-corrected chi connectivity index (χ3v) is 5.63. The molecule has 0 bridgehead atoms. The fraction of sp³-hybridized carbons (Fsp3) is 0.462. The lowest BCUT2D eigenvalue weighted by Crippen LogP contribution is -2.41. The van der Waals surface area contributed by atoms with Gasteiger partial charge < -0.3 is 15.0 Å². The van der Waals surface area contributed by atoms with E-state index in [-0.39, 0.29) is 10.7 Å². The van der Waals surface area contributed by atoms with Crippen molar-refractivity contribution in [1.29, 1.82) is 0 Å². The van der Waals surface area contributed by atoms with Crippen molar-refractivity contribution in [3.8, 4) is 0 Å². The van der Waals surface area contributed by atoms with Crippen molar-refractivity contribution >= 4 is 28.4 Å². The zero-order valence-electron chi connectivity index (χ0n) is 12.4. The van der Waals surface area contributed by atoms with E-state index in [4.69, 9.17) is 15.0 Å². The first kappa shape index (κ1) is 14.6. The second kappa shape index (κ2) is 4.09. The van der Waals surface area contributed by atoms with Gasteiger partial charge in [0, 0.05) is 5.56 Å². The van der Waals surface area contributed by atoms with Gasteiger partial charge in [-0.15, -0.1) is 4.40 Å². The summed E-state index contributed by atoms with van der Waals surface area (Å²) in [5.74, 6) is 0.0190. The highest BCUT2D eigenvalue weighted by molar-refractivity contribution is 7.90. The van der Waals surface area contributed by atoms with Gasteiger partial charge in [0.05, 0.1) is 16.1 Å². The van der Waals surface area contributed by atoms with E-state index in [0.29, 0.717) is 11.0 Å².